The summed E-state index contributed by atoms with van der Waals surface area (Å²) < 4.78 is 58.4. The lowest BCUT2D eigenvalue weighted by Gasteiger charge is -2.19. The molecule has 1 N–H and O–H groups in total. The summed E-state index contributed by atoms with van der Waals surface area (Å²) in [6, 6.07) is 9.34. The zero-order valence-corrected chi connectivity index (χ0v) is 23.8. The van der Waals surface area contributed by atoms with Crippen molar-refractivity contribution in [2.45, 2.75) is 44.8 Å². The van der Waals surface area contributed by atoms with Crippen LogP contribution in [0.1, 0.15) is 55.9 Å². The van der Waals surface area contributed by atoms with E-state index in [1.165, 1.54) is 6.92 Å². The molecular weight excluding hydrogens is 528 g/mol. The van der Waals surface area contributed by atoms with Crippen LogP contribution in [-0.4, -0.2) is 72.0 Å². The summed E-state index contributed by atoms with van der Waals surface area (Å²) in [6.45, 7) is 1.69. The second-order valence-electron chi connectivity index (χ2n) is 9.28. The lowest BCUT2D eigenvalue weighted by atomic mass is 10.0. The maximum absolute atomic E-state index is 12.0. The van der Waals surface area contributed by atoms with Gasteiger partial charge in [-0.3, -0.25) is 4.79 Å². The van der Waals surface area contributed by atoms with Gasteiger partial charge in [-0.05, 0) is 61.6 Å². The first kappa shape index (κ1) is 30.5. The molecule has 0 aliphatic carbocycles. The van der Waals surface area contributed by atoms with Crippen LogP contribution in [0, 0.1) is 0 Å². The number of aliphatic hydroxyl groups excluding tert-OH is 1. The Morgan fingerprint density at radius 1 is 0.872 bits per heavy atom. The molecule has 10 nitrogen and oxygen atoms in total. The van der Waals surface area contributed by atoms with Gasteiger partial charge in [-0.25, -0.2) is 8.42 Å². The summed E-state index contributed by atoms with van der Waals surface area (Å²) in [5.41, 5.74) is 1.84. The summed E-state index contributed by atoms with van der Waals surface area (Å²) in [5.74, 6) is 1.64. The third kappa shape index (κ3) is 8.48. The highest BCUT2D eigenvalue weighted by molar-refractivity contribution is 7.92. The Labute approximate surface area is 230 Å². The molecule has 2 aromatic rings. The lowest BCUT2D eigenvalue weighted by molar-refractivity contribution is -0.114. The van der Waals surface area contributed by atoms with E-state index in [1.807, 2.05) is 24.3 Å². The molecule has 0 spiro atoms. The van der Waals surface area contributed by atoms with Crippen molar-refractivity contribution < 1.29 is 46.7 Å². The maximum atomic E-state index is 12.0. The number of ether oxygens (including phenoxy) is 6. The highest BCUT2D eigenvalue weighted by Crippen LogP contribution is 2.46. The van der Waals surface area contributed by atoms with Crippen LogP contribution in [0.2, 0.25) is 0 Å². The first-order valence-corrected chi connectivity index (χ1v) is 14.7. The van der Waals surface area contributed by atoms with E-state index >= 15 is 0 Å². The Morgan fingerprint density at radius 2 is 1.46 bits per heavy atom. The van der Waals surface area contributed by atoms with Crippen molar-refractivity contribution >= 4 is 15.6 Å². The van der Waals surface area contributed by atoms with Crippen molar-refractivity contribution in [1.82, 2.24) is 0 Å². The van der Waals surface area contributed by atoms with Crippen LogP contribution in [-0.2, 0) is 19.4 Å². The first-order valence-electron chi connectivity index (χ1n) is 12.9. The minimum absolute atomic E-state index is 0.00785. The van der Waals surface area contributed by atoms with Gasteiger partial charge in [0.05, 0.1) is 52.5 Å². The number of sulfone groups is 1. The van der Waals surface area contributed by atoms with Gasteiger partial charge in [0.2, 0.25) is 5.75 Å². The number of carbonyl (C=O) groups excluding carboxylic acids is 1. The molecule has 216 valence electrons. The fourth-order valence-corrected chi connectivity index (χ4v) is 5.78. The quantitative estimate of drug-likeness (QED) is 0.300. The van der Waals surface area contributed by atoms with Gasteiger partial charge in [0.1, 0.15) is 11.5 Å². The van der Waals surface area contributed by atoms with Crippen LogP contribution < -0.4 is 23.7 Å². The van der Waals surface area contributed by atoms with Crippen molar-refractivity contribution in [3.05, 3.63) is 41.5 Å². The summed E-state index contributed by atoms with van der Waals surface area (Å²) in [7, 11) is 1.26. The van der Waals surface area contributed by atoms with Crippen LogP contribution in [0.25, 0.3) is 0 Å². The van der Waals surface area contributed by atoms with Gasteiger partial charge in [-0.2, -0.15) is 0 Å². The summed E-state index contributed by atoms with van der Waals surface area (Å²) in [4.78, 5) is 11.1. The fourth-order valence-electron chi connectivity index (χ4n) is 4.46. The van der Waals surface area contributed by atoms with Crippen molar-refractivity contribution in [3.8, 4) is 28.7 Å². The van der Waals surface area contributed by atoms with Crippen LogP contribution in [0.4, 0.5) is 0 Å². The maximum Gasteiger partial charge on any atom is 0.203 e. The zero-order valence-electron chi connectivity index (χ0n) is 22.9. The van der Waals surface area contributed by atoms with Gasteiger partial charge in [0.25, 0.3) is 0 Å². The molecule has 1 fully saturated rings. The first-order chi connectivity index (χ1) is 18.7. The number of rotatable bonds is 16. The number of ketones is 1. The van der Waals surface area contributed by atoms with Gasteiger partial charge in [0.15, 0.2) is 32.8 Å². The lowest BCUT2D eigenvalue weighted by Crippen LogP contribution is -2.18. The van der Waals surface area contributed by atoms with E-state index in [0.29, 0.717) is 41.8 Å². The third-order valence-corrected chi connectivity index (χ3v) is 8.02. The second-order valence-corrected chi connectivity index (χ2v) is 11.5. The third-order valence-electron chi connectivity index (χ3n) is 6.26. The van der Waals surface area contributed by atoms with Gasteiger partial charge in [0, 0.05) is 13.0 Å². The number of aliphatic hydroxyl groups is 1. The largest absolute Gasteiger partial charge is 0.493 e. The molecule has 11 heteroatoms. The minimum Gasteiger partial charge on any atom is -0.493 e. The molecule has 0 bridgehead atoms. The Kier molecular flexibility index (Phi) is 11.3. The molecule has 2 aromatic carbocycles. The van der Waals surface area contributed by atoms with Crippen LogP contribution in [0.5, 0.6) is 28.7 Å². The Morgan fingerprint density at radius 3 is 2.05 bits per heavy atom. The van der Waals surface area contributed by atoms with E-state index in [2.05, 4.69) is 0 Å². The Bertz CT molecular complexity index is 1190. The topological polar surface area (TPSA) is 127 Å². The number of hydrogen-bond donors (Lipinski definition) is 1. The van der Waals surface area contributed by atoms with E-state index in [0.717, 1.165) is 24.0 Å². The van der Waals surface area contributed by atoms with Crippen molar-refractivity contribution in [3.63, 3.8) is 0 Å². The standard InChI is InChI=1S/C28H38O10S/c1-19(30)18-39(31,32)14-6-13-36-24-8-7-20(15-25(24)37-12-5-11-29)22-9-10-23(38-22)21-16-26(33-2)28(35-4)27(17-21)34-3/h7-8,15-17,22-23,29H,5-6,9-14,18H2,1-4H3/t22-,23-/m0/s1. The molecule has 0 radical (unpaired) electrons. The monoisotopic (exact) mass is 566 g/mol. The van der Waals surface area contributed by atoms with Gasteiger partial charge < -0.3 is 33.5 Å². The SMILES string of the molecule is COc1cc([C@@H]2CC[C@@H](c3ccc(OCCCS(=O)(=O)CC(C)=O)c(OCCCO)c3)O2)cc(OC)c1OC. The normalized spacial score (nSPS) is 17.1. The van der Waals surface area contributed by atoms with E-state index in [9.17, 15) is 13.2 Å². The molecule has 39 heavy (non-hydrogen) atoms. The van der Waals surface area contributed by atoms with E-state index in [1.54, 1.807) is 27.4 Å². The molecule has 0 aromatic heterocycles. The molecule has 1 aliphatic heterocycles. The molecule has 0 saturated carbocycles. The molecule has 0 amide bonds. The number of benzene rings is 2. The summed E-state index contributed by atoms with van der Waals surface area (Å²) >= 11 is 0. The van der Waals surface area contributed by atoms with Crippen LogP contribution >= 0.6 is 0 Å². The second kappa shape index (κ2) is 14.4. The van der Waals surface area contributed by atoms with Gasteiger partial charge in [-0.15, -0.1) is 0 Å². The Hall–Kier alpha value is -3.02. The number of Topliss-reactive ketones (excluding diaryl/α,β-unsaturated/α-hetero) is 1. The molecule has 1 aliphatic rings. The average molecular weight is 567 g/mol. The summed E-state index contributed by atoms with van der Waals surface area (Å²) in [5, 5.41) is 9.16. The van der Waals surface area contributed by atoms with Crippen molar-refractivity contribution in [1.29, 1.82) is 0 Å². The molecule has 1 saturated heterocycles. The molecule has 1 heterocycles. The average Bonchev–Trinajstić information content (AvgIpc) is 3.40. The van der Waals surface area contributed by atoms with Crippen LogP contribution in [0.15, 0.2) is 30.3 Å². The zero-order chi connectivity index (χ0) is 28.4. The van der Waals surface area contributed by atoms with Gasteiger partial charge >= 0.3 is 0 Å². The van der Waals surface area contributed by atoms with Gasteiger partial charge in [-0.1, -0.05) is 6.07 Å². The Balaban J connectivity index is 1.71. The van der Waals surface area contributed by atoms with E-state index in [4.69, 9.17) is 33.5 Å². The molecule has 2 atom stereocenters. The van der Waals surface area contributed by atoms with E-state index in [-0.39, 0.29) is 43.4 Å². The number of hydrogen-bond acceptors (Lipinski definition) is 10. The molecular formula is C28H38O10S. The summed E-state index contributed by atoms with van der Waals surface area (Å²) in [6.07, 6.45) is 1.92. The molecule has 0 unspecified atom stereocenters. The number of methoxy groups -OCH3 is 3. The number of carbonyl (C=O) groups is 1. The minimum atomic E-state index is -3.45. The van der Waals surface area contributed by atoms with Crippen molar-refractivity contribution in [2.75, 3.05) is 52.7 Å². The predicted octanol–water partition coefficient (Wildman–Crippen LogP) is 3.84. The van der Waals surface area contributed by atoms with Crippen LogP contribution in [0.3, 0.4) is 0 Å². The smallest absolute Gasteiger partial charge is 0.203 e. The highest BCUT2D eigenvalue weighted by atomic mass is 32.2. The molecule has 3 rings (SSSR count). The van der Waals surface area contributed by atoms with E-state index < -0.39 is 15.6 Å². The van der Waals surface area contributed by atoms with Crippen molar-refractivity contribution in [2.24, 2.45) is 0 Å². The predicted molar refractivity (Wildman–Crippen MR) is 145 cm³/mol. The fraction of sp³-hybridized carbons (Fsp3) is 0.536. The highest BCUT2D eigenvalue weighted by Gasteiger charge is 2.30.